The molecule has 1 aliphatic heterocycles. The molecule has 4 heteroatoms. The van der Waals surface area contributed by atoms with E-state index in [1.165, 1.54) is 37.4 Å². The Morgan fingerprint density at radius 1 is 1.42 bits per heavy atom. The van der Waals surface area contributed by atoms with Crippen LogP contribution in [0.5, 0.6) is 0 Å². The number of rotatable bonds is 6. The predicted molar refractivity (Wildman–Crippen MR) is 84.0 cm³/mol. The fraction of sp³-hybridized carbons (Fsp3) is 0.733. The average molecular weight is 281 g/mol. The second-order valence-corrected chi connectivity index (χ2v) is 6.62. The maximum Gasteiger partial charge on any atom is 0.0374 e. The third kappa shape index (κ3) is 4.28. The van der Waals surface area contributed by atoms with Crippen LogP contribution in [-0.2, 0) is 6.42 Å². The first-order chi connectivity index (χ1) is 9.20. The Morgan fingerprint density at radius 3 is 2.95 bits per heavy atom. The summed E-state index contributed by atoms with van der Waals surface area (Å²) in [4.78, 5) is 6.50. The quantitative estimate of drug-likeness (QED) is 0.859. The second-order valence-electron chi connectivity index (χ2n) is 5.59. The average Bonchev–Trinajstić information content (AvgIpc) is 2.91. The highest BCUT2D eigenvalue weighted by atomic mass is 32.1. The van der Waals surface area contributed by atoms with Crippen LogP contribution in [0.2, 0.25) is 0 Å². The molecule has 2 atom stereocenters. The van der Waals surface area contributed by atoms with Gasteiger partial charge in [0.05, 0.1) is 0 Å². The number of nitrogens with one attached hydrogen (secondary N) is 1. The molecule has 0 aliphatic carbocycles. The van der Waals surface area contributed by atoms with Crippen molar-refractivity contribution in [1.29, 1.82) is 0 Å². The van der Waals surface area contributed by atoms with Gasteiger partial charge >= 0.3 is 0 Å². The Morgan fingerprint density at radius 2 is 2.26 bits per heavy atom. The molecule has 1 aromatic rings. The topological polar surface area (TPSA) is 18.5 Å². The van der Waals surface area contributed by atoms with Crippen LogP contribution in [0.25, 0.3) is 0 Å². The summed E-state index contributed by atoms with van der Waals surface area (Å²) in [7, 11) is 4.51. The molecule has 108 valence electrons. The molecule has 0 spiro atoms. The zero-order valence-corrected chi connectivity index (χ0v) is 13.2. The highest BCUT2D eigenvalue weighted by Crippen LogP contribution is 2.17. The third-order valence-corrected chi connectivity index (χ3v) is 5.05. The molecule has 3 nitrogen and oxygen atoms in total. The van der Waals surface area contributed by atoms with E-state index in [4.69, 9.17) is 0 Å². The zero-order valence-electron chi connectivity index (χ0n) is 12.4. The zero-order chi connectivity index (χ0) is 13.7. The van der Waals surface area contributed by atoms with Crippen LogP contribution in [0.3, 0.4) is 0 Å². The summed E-state index contributed by atoms with van der Waals surface area (Å²) in [6.07, 6.45) is 2.43. The minimum Gasteiger partial charge on any atom is -0.313 e. The van der Waals surface area contributed by atoms with Crippen molar-refractivity contribution in [3.05, 3.63) is 22.4 Å². The Labute approximate surface area is 121 Å². The second kappa shape index (κ2) is 7.39. The summed E-state index contributed by atoms with van der Waals surface area (Å²) >= 11 is 1.88. The van der Waals surface area contributed by atoms with Gasteiger partial charge < -0.3 is 10.2 Å². The summed E-state index contributed by atoms with van der Waals surface area (Å²) in [5.74, 6) is 0. The number of hydrogen-bond donors (Lipinski definition) is 1. The van der Waals surface area contributed by atoms with Crippen LogP contribution in [0.4, 0.5) is 0 Å². The van der Waals surface area contributed by atoms with E-state index in [2.05, 4.69) is 53.6 Å². The fourth-order valence-corrected chi connectivity index (χ4v) is 3.65. The maximum atomic E-state index is 3.70. The van der Waals surface area contributed by atoms with E-state index < -0.39 is 0 Å². The van der Waals surface area contributed by atoms with E-state index in [1.807, 2.05) is 11.3 Å². The number of piperazine rings is 1. The number of aryl methyl sites for hydroxylation is 1. The van der Waals surface area contributed by atoms with Crippen molar-refractivity contribution in [3.8, 4) is 0 Å². The molecule has 1 N–H and O–H groups in total. The molecule has 0 bridgehead atoms. The van der Waals surface area contributed by atoms with Crippen LogP contribution in [0.15, 0.2) is 17.5 Å². The van der Waals surface area contributed by atoms with Gasteiger partial charge in [-0.1, -0.05) is 13.0 Å². The Balaban J connectivity index is 1.93. The molecule has 19 heavy (non-hydrogen) atoms. The molecule has 0 amide bonds. The van der Waals surface area contributed by atoms with Crippen molar-refractivity contribution in [2.45, 2.75) is 31.8 Å². The van der Waals surface area contributed by atoms with Gasteiger partial charge in [-0.25, -0.2) is 0 Å². The van der Waals surface area contributed by atoms with Gasteiger partial charge in [-0.05, 0) is 44.9 Å². The van der Waals surface area contributed by atoms with Gasteiger partial charge in [0.15, 0.2) is 0 Å². The molecule has 0 saturated carbocycles. The Kier molecular flexibility index (Phi) is 5.82. The summed E-state index contributed by atoms with van der Waals surface area (Å²) in [6.45, 7) is 6.82. The molecular weight excluding hydrogens is 254 g/mol. The summed E-state index contributed by atoms with van der Waals surface area (Å²) in [6, 6.07) is 5.64. The van der Waals surface area contributed by atoms with E-state index in [1.54, 1.807) is 0 Å². The number of thiophene rings is 1. The van der Waals surface area contributed by atoms with Gasteiger partial charge in [-0.3, -0.25) is 4.90 Å². The maximum absolute atomic E-state index is 3.70. The van der Waals surface area contributed by atoms with Gasteiger partial charge in [-0.15, -0.1) is 11.3 Å². The highest BCUT2D eigenvalue weighted by molar-refractivity contribution is 7.09. The van der Waals surface area contributed by atoms with Crippen molar-refractivity contribution in [2.24, 2.45) is 0 Å². The van der Waals surface area contributed by atoms with Gasteiger partial charge in [0.25, 0.3) is 0 Å². The van der Waals surface area contributed by atoms with E-state index >= 15 is 0 Å². The van der Waals surface area contributed by atoms with E-state index in [9.17, 15) is 0 Å². The molecule has 0 radical (unpaired) electrons. The monoisotopic (exact) mass is 281 g/mol. The standard InChI is InChI=1S/C15H27N3S/c1-4-16-14(8-7-13-6-5-11-19-13)15-12-17(2)9-10-18(15)3/h5-6,11,14-16H,4,7-10,12H2,1-3H3. The molecule has 1 aliphatic rings. The molecule has 1 fully saturated rings. The number of nitrogens with zero attached hydrogens (tertiary/aromatic N) is 2. The first-order valence-electron chi connectivity index (χ1n) is 7.35. The molecule has 0 aromatic carbocycles. The molecule has 2 rings (SSSR count). The summed E-state index contributed by atoms with van der Waals surface area (Å²) < 4.78 is 0. The van der Waals surface area contributed by atoms with Crippen molar-refractivity contribution in [3.63, 3.8) is 0 Å². The van der Waals surface area contributed by atoms with E-state index in [0.29, 0.717) is 12.1 Å². The lowest BCUT2D eigenvalue weighted by atomic mass is 9.98. The molecule has 1 aromatic heterocycles. The lowest BCUT2D eigenvalue weighted by Crippen LogP contribution is -2.58. The number of likely N-dealkylation sites (N-methyl/N-ethyl adjacent to an activating group) is 3. The van der Waals surface area contributed by atoms with Crippen molar-refractivity contribution < 1.29 is 0 Å². The number of hydrogen-bond acceptors (Lipinski definition) is 4. The van der Waals surface area contributed by atoms with Gasteiger partial charge in [0.2, 0.25) is 0 Å². The smallest absolute Gasteiger partial charge is 0.0374 e. The lowest BCUT2D eigenvalue weighted by molar-refractivity contribution is 0.0858. The van der Waals surface area contributed by atoms with Crippen molar-refractivity contribution >= 4 is 11.3 Å². The summed E-state index contributed by atoms with van der Waals surface area (Å²) in [5.41, 5.74) is 0. The van der Waals surface area contributed by atoms with E-state index in [-0.39, 0.29) is 0 Å². The van der Waals surface area contributed by atoms with Crippen molar-refractivity contribution in [2.75, 3.05) is 40.3 Å². The molecular formula is C15H27N3S. The van der Waals surface area contributed by atoms with Crippen LogP contribution in [0, 0.1) is 0 Å². The van der Waals surface area contributed by atoms with Gasteiger partial charge in [-0.2, -0.15) is 0 Å². The van der Waals surface area contributed by atoms with Crippen LogP contribution < -0.4 is 5.32 Å². The molecule has 1 saturated heterocycles. The van der Waals surface area contributed by atoms with Crippen molar-refractivity contribution in [1.82, 2.24) is 15.1 Å². The van der Waals surface area contributed by atoms with Gasteiger partial charge in [0, 0.05) is 36.6 Å². The van der Waals surface area contributed by atoms with Crippen LogP contribution in [-0.4, -0.2) is 62.2 Å². The Bertz CT molecular complexity index is 352. The summed E-state index contributed by atoms with van der Waals surface area (Å²) in [5, 5.41) is 5.88. The largest absolute Gasteiger partial charge is 0.313 e. The lowest BCUT2D eigenvalue weighted by Gasteiger charge is -2.42. The van der Waals surface area contributed by atoms with Crippen LogP contribution >= 0.6 is 11.3 Å². The SMILES string of the molecule is CCNC(CCc1cccs1)C1CN(C)CCN1C. The Hall–Kier alpha value is -0.420. The predicted octanol–water partition coefficient (Wildman–Crippen LogP) is 1.90. The highest BCUT2D eigenvalue weighted by Gasteiger charge is 2.28. The molecule has 2 unspecified atom stereocenters. The third-order valence-electron chi connectivity index (χ3n) is 4.11. The van der Waals surface area contributed by atoms with Crippen LogP contribution in [0.1, 0.15) is 18.2 Å². The normalized spacial score (nSPS) is 23.6. The molecule has 2 heterocycles. The first kappa shape index (κ1) is 15.0. The van der Waals surface area contributed by atoms with Gasteiger partial charge in [0.1, 0.15) is 0 Å². The minimum atomic E-state index is 0.597. The van der Waals surface area contributed by atoms with E-state index in [0.717, 1.165) is 6.54 Å². The first-order valence-corrected chi connectivity index (χ1v) is 8.23. The minimum absolute atomic E-state index is 0.597. The fourth-order valence-electron chi connectivity index (χ4n) is 2.92.